The molecule has 1 aliphatic heterocycles. The van der Waals surface area contributed by atoms with Crippen LogP contribution in [0, 0.1) is 13.8 Å². The zero-order valence-electron chi connectivity index (χ0n) is 24.5. The summed E-state index contributed by atoms with van der Waals surface area (Å²) in [5, 5.41) is 14.1. The standard InChI is InChI=1S/C29H39N3O8/c1-9-31(10-2)12-11-13-32-24(18-14-19(37-5)27(39-7)20(15-18)38-6)22(26(34)28(32)35)25(33)21-16(3)23(29(36)40-8)30-17(21)4/h14-15,24,30,33H,9-13H2,1-8H3. The highest BCUT2D eigenvalue weighted by Gasteiger charge is 2.45. The molecule has 1 saturated heterocycles. The Morgan fingerprint density at radius 1 is 1.02 bits per heavy atom. The number of amides is 1. The van der Waals surface area contributed by atoms with Crippen LogP contribution in [-0.4, -0.2) is 82.2 Å². The molecule has 1 unspecified atom stereocenters. The Morgan fingerprint density at radius 2 is 1.62 bits per heavy atom. The molecule has 0 bridgehead atoms. The maximum atomic E-state index is 14.1. The number of nitrogens with one attached hydrogen (secondary N) is 2. The number of hydrogen-bond acceptors (Lipinski definition) is 8. The Balaban J connectivity index is 2.25. The third kappa shape index (κ3) is 5.51. The SMILES string of the molecule is CC[NH+](CC)CCCN1C(=O)C(=O)C(=C([O-])c2c(C)[nH]c(C(=O)OC)c2C)C1c1cc(OC)c(OC)c(OC)c1. The Hall–Kier alpha value is -3.99. The average molecular weight is 558 g/mol. The van der Waals surface area contributed by atoms with Gasteiger partial charge in [-0.2, -0.15) is 0 Å². The summed E-state index contributed by atoms with van der Waals surface area (Å²) in [5.74, 6) is -1.91. The third-order valence-corrected chi connectivity index (χ3v) is 7.52. The summed E-state index contributed by atoms with van der Waals surface area (Å²) in [6, 6.07) is 2.29. The molecule has 11 nitrogen and oxygen atoms in total. The van der Waals surface area contributed by atoms with Crippen LogP contribution < -0.4 is 24.2 Å². The van der Waals surface area contributed by atoms with Gasteiger partial charge in [0.1, 0.15) is 5.69 Å². The van der Waals surface area contributed by atoms with E-state index < -0.39 is 29.5 Å². The lowest BCUT2D eigenvalue weighted by atomic mass is 9.93. The van der Waals surface area contributed by atoms with Crippen molar-refractivity contribution in [1.29, 1.82) is 0 Å². The Kier molecular flexibility index (Phi) is 9.86. The second-order valence-electron chi connectivity index (χ2n) is 9.61. The Labute approximate surface area is 234 Å². The molecule has 0 saturated carbocycles. The molecule has 1 aromatic carbocycles. The van der Waals surface area contributed by atoms with Crippen LogP contribution in [0.2, 0.25) is 0 Å². The second kappa shape index (κ2) is 12.9. The topological polar surface area (TPSA) is 135 Å². The van der Waals surface area contributed by atoms with Crippen LogP contribution in [-0.2, 0) is 14.3 Å². The molecule has 40 heavy (non-hydrogen) atoms. The number of carbonyl (C=O) groups excluding carboxylic acids is 3. The quantitative estimate of drug-likeness (QED) is 0.171. The normalized spacial score (nSPS) is 16.5. The van der Waals surface area contributed by atoms with E-state index in [1.165, 1.54) is 38.2 Å². The minimum Gasteiger partial charge on any atom is -0.872 e. The number of nitrogens with zero attached hydrogens (tertiary/aromatic N) is 1. The molecule has 1 fully saturated rings. The zero-order chi connectivity index (χ0) is 29.7. The van der Waals surface area contributed by atoms with Crippen molar-refractivity contribution in [2.45, 2.75) is 40.2 Å². The highest BCUT2D eigenvalue weighted by atomic mass is 16.5. The fourth-order valence-corrected chi connectivity index (χ4v) is 5.34. The van der Waals surface area contributed by atoms with Gasteiger partial charge in [0.05, 0.1) is 54.1 Å². The molecular weight excluding hydrogens is 518 g/mol. The van der Waals surface area contributed by atoms with E-state index in [0.29, 0.717) is 40.5 Å². The van der Waals surface area contributed by atoms with E-state index in [4.69, 9.17) is 18.9 Å². The second-order valence-corrected chi connectivity index (χ2v) is 9.61. The first-order valence-electron chi connectivity index (χ1n) is 13.3. The van der Waals surface area contributed by atoms with Crippen LogP contribution in [0.3, 0.4) is 0 Å². The van der Waals surface area contributed by atoms with Crippen molar-refractivity contribution in [3.63, 3.8) is 0 Å². The van der Waals surface area contributed by atoms with Gasteiger partial charge in [-0.05, 0) is 56.5 Å². The number of aromatic amines is 1. The number of ketones is 1. The van der Waals surface area contributed by atoms with Gasteiger partial charge in [0, 0.05) is 24.2 Å². The molecule has 3 rings (SSSR count). The number of ether oxygens (including phenoxy) is 4. The van der Waals surface area contributed by atoms with E-state index in [-0.39, 0.29) is 23.4 Å². The average Bonchev–Trinajstić information content (AvgIpc) is 3.40. The first-order chi connectivity index (χ1) is 19.1. The lowest BCUT2D eigenvalue weighted by molar-refractivity contribution is -0.896. The number of methoxy groups -OCH3 is 4. The first kappa shape index (κ1) is 30.6. The van der Waals surface area contributed by atoms with Crippen LogP contribution in [0.4, 0.5) is 0 Å². The highest BCUT2D eigenvalue weighted by molar-refractivity contribution is 6.46. The number of rotatable bonds is 12. The summed E-state index contributed by atoms with van der Waals surface area (Å²) in [5.41, 5.74) is 1.27. The van der Waals surface area contributed by atoms with Gasteiger partial charge in [-0.25, -0.2) is 4.79 Å². The molecule has 1 aromatic heterocycles. The van der Waals surface area contributed by atoms with Gasteiger partial charge in [-0.1, -0.05) is 5.76 Å². The fraction of sp³-hybridized carbons (Fsp3) is 0.483. The molecule has 11 heteroatoms. The van der Waals surface area contributed by atoms with Crippen LogP contribution in [0.5, 0.6) is 17.2 Å². The number of quaternary nitrogens is 1. The number of likely N-dealkylation sites (tertiary alicyclic amines) is 1. The van der Waals surface area contributed by atoms with Crippen molar-refractivity contribution < 1.29 is 43.3 Å². The minimum absolute atomic E-state index is 0.115. The lowest BCUT2D eigenvalue weighted by Gasteiger charge is -2.29. The van der Waals surface area contributed by atoms with Crippen LogP contribution in [0.25, 0.3) is 5.76 Å². The molecule has 2 heterocycles. The maximum Gasteiger partial charge on any atom is 0.354 e. The molecule has 0 spiro atoms. The molecular formula is C29H39N3O8. The van der Waals surface area contributed by atoms with Crippen LogP contribution in [0.1, 0.15) is 59.2 Å². The third-order valence-electron chi connectivity index (χ3n) is 7.52. The lowest BCUT2D eigenvalue weighted by Crippen LogP contribution is -3.11. The van der Waals surface area contributed by atoms with E-state index in [1.807, 2.05) is 0 Å². The van der Waals surface area contributed by atoms with Crippen LogP contribution >= 0.6 is 0 Å². The number of aryl methyl sites for hydroxylation is 1. The first-order valence-corrected chi connectivity index (χ1v) is 13.3. The minimum atomic E-state index is -0.997. The van der Waals surface area contributed by atoms with Crippen molar-refractivity contribution in [2.24, 2.45) is 0 Å². The van der Waals surface area contributed by atoms with Crippen molar-refractivity contribution in [3.8, 4) is 17.2 Å². The monoisotopic (exact) mass is 557 g/mol. The Bertz CT molecular complexity index is 1280. The van der Waals surface area contributed by atoms with Crippen molar-refractivity contribution in [3.05, 3.63) is 45.8 Å². The number of H-pyrrole nitrogens is 1. The van der Waals surface area contributed by atoms with Gasteiger partial charge in [0.2, 0.25) is 11.5 Å². The largest absolute Gasteiger partial charge is 0.872 e. The van der Waals surface area contributed by atoms with Crippen LogP contribution in [0.15, 0.2) is 17.7 Å². The smallest absolute Gasteiger partial charge is 0.354 e. The fourth-order valence-electron chi connectivity index (χ4n) is 5.34. The van der Waals surface area contributed by atoms with Gasteiger partial charge < -0.3 is 38.8 Å². The number of hydrogen-bond donors (Lipinski definition) is 2. The molecule has 1 atom stereocenters. The van der Waals surface area contributed by atoms with E-state index >= 15 is 0 Å². The van der Waals surface area contributed by atoms with Crippen molar-refractivity contribution >= 4 is 23.4 Å². The summed E-state index contributed by atoms with van der Waals surface area (Å²) >= 11 is 0. The summed E-state index contributed by atoms with van der Waals surface area (Å²) in [6.07, 6.45) is 0.632. The van der Waals surface area contributed by atoms with Gasteiger partial charge in [0.25, 0.3) is 5.91 Å². The van der Waals surface area contributed by atoms with E-state index in [9.17, 15) is 19.5 Å². The van der Waals surface area contributed by atoms with Gasteiger partial charge in [-0.15, -0.1) is 0 Å². The van der Waals surface area contributed by atoms with E-state index in [1.54, 1.807) is 26.0 Å². The summed E-state index contributed by atoms with van der Waals surface area (Å²) in [4.78, 5) is 44.9. The molecule has 2 aromatic rings. The number of benzene rings is 1. The van der Waals surface area contributed by atoms with Crippen molar-refractivity contribution in [2.75, 3.05) is 54.6 Å². The number of aromatic nitrogens is 1. The van der Waals surface area contributed by atoms with Gasteiger partial charge >= 0.3 is 5.97 Å². The molecule has 0 radical (unpaired) electrons. The van der Waals surface area contributed by atoms with Gasteiger partial charge in [0.15, 0.2) is 11.5 Å². The summed E-state index contributed by atoms with van der Waals surface area (Å²) in [7, 11) is 5.65. The predicted molar refractivity (Wildman–Crippen MR) is 146 cm³/mol. The summed E-state index contributed by atoms with van der Waals surface area (Å²) < 4.78 is 21.3. The molecule has 1 amide bonds. The molecule has 0 aliphatic carbocycles. The maximum absolute atomic E-state index is 14.1. The van der Waals surface area contributed by atoms with E-state index in [0.717, 1.165) is 19.6 Å². The Morgan fingerprint density at radius 3 is 2.12 bits per heavy atom. The number of carbonyl (C=O) groups is 3. The summed E-state index contributed by atoms with van der Waals surface area (Å²) in [6.45, 7) is 10.4. The molecule has 1 aliphatic rings. The van der Waals surface area contributed by atoms with Gasteiger partial charge in [-0.3, -0.25) is 9.59 Å². The van der Waals surface area contributed by atoms with Crippen molar-refractivity contribution in [1.82, 2.24) is 9.88 Å². The highest BCUT2D eigenvalue weighted by Crippen LogP contribution is 2.45. The molecule has 218 valence electrons. The predicted octanol–water partition coefficient (Wildman–Crippen LogP) is 0.983. The number of esters is 1. The molecule has 2 N–H and O–H groups in total. The zero-order valence-corrected chi connectivity index (χ0v) is 24.5. The van der Waals surface area contributed by atoms with E-state index in [2.05, 4.69) is 18.8 Å². The number of Topliss-reactive ketones (excluding diaryl/α,β-unsaturated/α-hetero) is 1.